The summed E-state index contributed by atoms with van der Waals surface area (Å²) in [6.45, 7) is 4.73. The van der Waals surface area contributed by atoms with Crippen molar-refractivity contribution < 1.29 is 14.6 Å². The number of morpholine rings is 1. The molecule has 1 saturated heterocycles. The van der Waals surface area contributed by atoms with E-state index in [9.17, 15) is 9.90 Å². The molecule has 1 atom stereocenters. The SMILES string of the molecule is CC1(C)CN(C(=O)/C=C/c2ccc(Br)s2)CC(CO)O1. The van der Waals surface area contributed by atoms with Crippen molar-refractivity contribution >= 4 is 39.2 Å². The third kappa shape index (κ3) is 4.15. The second kappa shape index (κ2) is 6.39. The predicted octanol–water partition coefficient (Wildman–Crippen LogP) is 2.52. The summed E-state index contributed by atoms with van der Waals surface area (Å²) >= 11 is 4.97. The van der Waals surface area contributed by atoms with E-state index in [0.717, 1.165) is 8.66 Å². The molecule has 0 radical (unpaired) electrons. The maximum Gasteiger partial charge on any atom is 0.246 e. The second-order valence-corrected chi connectivity index (χ2v) is 7.87. The summed E-state index contributed by atoms with van der Waals surface area (Å²) in [7, 11) is 0. The molecule has 1 aromatic heterocycles. The molecule has 1 aliphatic heterocycles. The van der Waals surface area contributed by atoms with Crippen molar-refractivity contribution in [3.63, 3.8) is 0 Å². The van der Waals surface area contributed by atoms with Crippen molar-refractivity contribution in [2.75, 3.05) is 19.7 Å². The van der Waals surface area contributed by atoms with Crippen LogP contribution in [0.2, 0.25) is 0 Å². The topological polar surface area (TPSA) is 49.8 Å². The van der Waals surface area contributed by atoms with Crippen molar-refractivity contribution in [1.82, 2.24) is 4.90 Å². The number of rotatable bonds is 3. The third-order valence-electron chi connectivity index (χ3n) is 2.98. The Morgan fingerprint density at radius 1 is 1.65 bits per heavy atom. The van der Waals surface area contributed by atoms with Crippen LogP contribution in [0, 0.1) is 0 Å². The van der Waals surface area contributed by atoms with Crippen LogP contribution >= 0.6 is 27.3 Å². The fourth-order valence-electron chi connectivity index (χ4n) is 2.24. The quantitative estimate of drug-likeness (QED) is 0.843. The van der Waals surface area contributed by atoms with E-state index in [2.05, 4.69) is 15.9 Å². The number of hydrogen-bond donors (Lipinski definition) is 1. The minimum absolute atomic E-state index is 0.0515. The molecule has 0 saturated carbocycles. The number of hydrogen-bond acceptors (Lipinski definition) is 4. The van der Waals surface area contributed by atoms with Crippen LogP contribution in [0.4, 0.5) is 0 Å². The average Bonchev–Trinajstić information content (AvgIpc) is 2.79. The van der Waals surface area contributed by atoms with Gasteiger partial charge in [-0.25, -0.2) is 0 Å². The molecule has 4 nitrogen and oxygen atoms in total. The number of carbonyl (C=O) groups excluding carboxylic acids is 1. The first-order valence-electron chi connectivity index (χ1n) is 6.40. The minimum atomic E-state index is -0.429. The van der Waals surface area contributed by atoms with Gasteiger partial charge in [0.1, 0.15) is 0 Å². The normalized spacial score (nSPS) is 22.4. The number of aliphatic hydroxyl groups excluding tert-OH is 1. The molecule has 1 fully saturated rings. The molecule has 1 aromatic rings. The highest BCUT2D eigenvalue weighted by atomic mass is 79.9. The second-order valence-electron chi connectivity index (χ2n) is 5.38. The lowest BCUT2D eigenvalue weighted by atomic mass is 10.1. The first kappa shape index (κ1) is 15.7. The van der Waals surface area contributed by atoms with Gasteiger partial charge in [0.15, 0.2) is 0 Å². The Hall–Kier alpha value is -0.690. The Morgan fingerprint density at radius 2 is 2.40 bits per heavy atom. The lowest BCUT2D eigenvalue weighted by molar-refractivity contribution is -0.163. The summed E-state index contributed by atoms with van der Waals surface area (Å²) in [5.74, 6) is -0.0515. The van der Waals surface area contributed by atoms with Gasteiger partial charge in [-0.2, -0.15) is 0 Å². The van der Waals surface area contributed by atoms with Crippen LogP contribution in [0.1, 0.15) is 18.7 Å². The lowest BCUT2D eigenvalue weighted by Gasteiger charge is -2.41. The third-order valence-corrected chi connectivity index (χ3v) is 4.57. The van der Waals surface area contributed by atoms with Crippen molar-refractivity contribution in [1.29, 1.82) is 0 Å². The summed E-state index contributed by atoms with van der Waals surface area (Å²) < 4.78 is 6.74. The van der Waals surface area contributed by atoms with Crippen LogP contribution in [0.3, 0.4) is 0 Å². The van der Waals surface area contributed by atoms with E-state index >= 15 is 0 Å². The van der Waals surface area contributed by atoms with Crippen LogP contribution in [0.15, 0.2) is 22.0 Å². The summed E-state index contributed by atoms with van der Waals surface area (Å²) in [5, 5.41) is 9.25. The summed E-state index contributed by atoms with van der Waals surface area (Å²) in [5.41, 5.74) is -0.429. The molecule has 2 heterocycles. The Kier molecular flexibility index (Phi) is 5.01. The van der Waals surface area contributed by atoms with Crippen molar-refractivity contribution in [2.45, 2.75) is 25.6 Å². The van der Waals surface area contributed by atoms with Crippen molar-refractivity contribution in [3.05, 3.63) is 26.9 Å². The zero-order valence-electron chi connectivity index (χ0n) is 11.5. The van der Waals surface area contributed by atoms with E-state index in [4.69, 9.17) is 4.74 Å². The monoisotopic (exact) mass is 359 g/mol. The molecule has 1 N–H and O–H groups in total. The first-order valence-corrected chi connectivity index (χ1v) is 8.01. The van der Waals surface area contributed by atoms with Gasteiger partial charge in [0.25, 0.3) is 0 Å². The number of thiophene rings is 1. The van der Waals surface area contributed by atoms with E-state index in [-0.39, 0.29) is 18.6 Å². The van der Waals surface area contributed by atoms with Crippen LogP contribution in [0.25, 0.3) is 6.08 Å². The van der Waals surface area contributed by atoms with E-state index in [1.807, 2.05) is 32.1 Å². The maximum atomic E-state index is 12.2. The number of halogens is 1. The number of nitrogens with zero attached hydrogens (tertiary/aromatic N) is 1. The molecule has 0 bridgehead atoms. The smallest absolute Gasteiger partial charge is 0.246 e. The fraction of sp³-hybridized carbons (Fsp3) is 0.500. The Bertz CT molecular complexity index is 512. The van der Waals surface area contributed by atoms with E-state index in [1.165, 1.54) is 0 Å². The lowest BCUT2D eigenvalue weighted by Crippen LogP contribution is -2.55. The molecule has 0 aliphatic carbocycles. The maximum absolute atomic E-state index is 12.2. The molecule has 20 heavy (non-hydrogen) atoms. The summed E-state index contributed by atoms with van der Waals surface area (Å²) in [4.78, 5) is 15.0. The molecule has 6 heteroatoms. The number of aliphatic hydroxyl groups is 1. The number of carbonyl (C=O) groups is 1. The summed E-state index contributed by atoms with van der Waals surface area (Å²) in [6.07, 6.45) is 3.08. The molecule has 0 spiro atoms. The Morgan fingerprint density at radius 3 is 3.00 bits per heavy atom. The van der Waals surface area contributed by atoms with Crippen LogP contribution in [-0.2, 0) is 9.53 Å². The molecular formula is C14H18BrNO3S. The molecule has 2 rings (SSSR count). The van der Waals surface area contributed by atoms with Gasteiger partial charge in [-0.15, -0.1) is 11.3 Å². The van der Waals surface area contributed by atoms with Gasteiger partial charge in [-0.3, -0.25) is 4.79 Å². The van der Waals surface area contributed by atoms with Gasteiger partial charge in [-0.1, -0.05) is 0 Å². The van der Waals surface area contributed by atoms with Gasteiger partial charge in [0.2, 0.25) is 5.91 Å². The highest BCUT2D eigenvalue weighted by Crippen LogP contribution is 2.24. The first-order chi connectivity index (χ1) is 9.39. The molecule has 1 amide bonds. The standard InChI is InChI=1S/C14H18BrNO3S/c1-14(2)9-16(7-10(8-17)19-14)13(18)6-4-11-3-5-12(15)20-11/h3-6,10,17H,7-9H2,1-2H3/b6-4+. The average molecular weight is 360 g/mol. The van der Waals surface area contributed by atoms with Gasteiger partial charge >= 0.3 is 0 Å². The molecule has 0 aromatic carbocycles. The van der Waals surface area contributed by atoms with Crippen molar-refractivity contribution in [2.24, 2.45) is 0 Å². The summed E-state index contributed by atoms with van der Waals surface area (Å²) in [6, 6.07) is 3.91. The molecular weight excluding hydrogens is 342 g/mol. The van der Waals surface area contributed by atoms with E-state index in [1.54, 1.807) is 22.3 Å². The van der Waals surface area contributed by atoms with E-state index < -0.39 is 5.60 Å². The van der Waals surface area contributed by atoms with Gasteiger partial charge in [0, 0.05) is 24.0 Å². The number of amides is 1. The highest BCUT2D eigenvalue weighted by Gasteiger charge is 2.34. The molecule has 1 aliphatic rings. The molecule has 1 unspecified atom stereocenters. The fourth-order valence-corrected chi connectivity index (χ4v) is 3.56. The zero-order chi connectivity index (χ0) is 14.8. The predicted molar refractivity (Wildman–Crippen MR) is 83.7 cm³/mol. The zero-order valence-corrected chi connectivity index (χ0v) is 13.9. The Balaban J connectivity index is 2.02. The van der Waals surface area contributed by atoms with Crippen LogP contribution < -0.4 is 0 Å². The van der Waals surface area contributed by atoms with Gasteiger partial charge in [-0.05, 0) is 48.0 Å². The molecule has 110 valence electrons. The number of ether oxygens (including phenoxy) is 1. The van der Waals surface area contributed by atoms with Crippen molar-refractivity contribution in [3.8, 4) is 0 Å². The largest absolute Gasteiger partial charge is 0.394 e. The van der Waals surface area contributed by atoms with Crippen LogP contribution in [0.5, 0.6) is 0 Å². The van der Waals surface area contributed by atoms with Gasteiger partial charge < -0.3 is 14.7 Å². The van der Waals surface area contributed by atoms with Gasteiger partial charge in [0.05, 0.1) is 22.1 Å². The Labute approximate surface area is 131 Å². The highest BCUT2D eigenvalue weighted by molar-refractivity contribution is 9.11. The van der Waals surface area contributed by atoms with E-state index in [0.29, 0.717) is 13.1 Å². The van der Waals surface area contributed by atoms with Crippen LogP contribution in [-0.4, -0.2) is 47.3 Å². The minimum Gasteiger partial charge on any atom is -0.394 e.